The van der Waals surface area contributed by atoms with Gasteiger partial charge in [-0.25, -0.2) is 14.4 Å². The molecule has 47 heavy (non-hydrogen) atoms. The van der Waals surface area contributed by atoms with E-state index in [9.17, 15) is 28.8 Å². The van der Waals surface area contributed by atoms with Crippen LogP contribution in [0.4, 0.5) is 0 Å². The van der Waals surface area contributed by atoms with Gasteiger partial charge in [0.25, 0.3) is 17.7 Å². The fourth-order valence-corrected chi connectivity index (χ4v) is 5.96. The van der Waals surface area contributed by atoms with E-state index in [2.05, 4.69) is 0 Å². The second-order valence-electron chi connectivity index (χ2n) is 14.8. The first-order chi connectivity index (χ1) is 21.6. The first-order valence-electron chi connectivity index (χ1n) is 17.0. The molecule has 0 N–H and O–H groups in total. The number of ether oxygens (including phenoxy) is 3. The summed E-state index contributed by atoms with van der Waals surface area (Å²) in [6, 6.07) is -3.32. The van der Waals surface area contributed by atoms with Crippen LogP contribution < -0.4 is 0 Å². The molecule has 7 atom stereocenters. The van der Waals surface area contributed by atoms with Crippen molar-refractivity contribution in [3.63, 3.8) is 0 Å². The van der Waals surface area contributed by atoms with Crippen molar-refractivity contribution < 1.29 is 43.0 Å². The fourth-order valence-electron chi connectivity index (χ4n) is 5.96. The van der Waals surface area contributed by atoms with Crippen molar-refractivity contribution >= 4 is 35.6 Å². The van der Waals surface area contributed by atoms with Gasteiger partial charge < -0.3 is 28.9 Å². The van der Waals surface area contributed by atoms with E-state index in [1.54, 1.807) is 62.3 Å². The van der Waals surface area contributed by atoms with Gasteiger partial charge in [-0.05, 0) is 41.9 Å². The quantitative estimate of drug-likeness (QED) is 0.278. The number of amides is 3. The molecule has 0 radical (unpaired) electrons. The van der Waals surface area contributed by atoms with E-state index in [1.165, 1.54) is 35.8 Å². The van der Waals surface area contributed by atoms with Crippen LogP contribution in [0, 0.1) is 35.5 Å². The molecule has 1 saturated heterocycles. The predicted octanol–water partition coefficient (Wildman–Crippen LogP) is 3.93. The van der Waals surface area contributed by atoms with E-state index in [0.29, 0.717) is 6.42 Å². The summed E-state index contributed by atoms with van der Waals surface area (Å²) in [6.45, 7) is 21.3. The van der Waals surface area contributed by atoms with Crippen molar-refractivity contribution in [3.8, 4) is 0 Å². The molecule has 1 unspecified atom stereocenters. The smallest absolute Gasteiger partial charge is 0.329 e. The zero-order valence-electron chi connectivity index (χ0n) is 31.4. The van der Waals surface area contributed by atoms with Crippen molar-refractivity contribution in [3.05, 3.63) is 0 Å². The van der Waals surface area contributed by atoms with Gasteiger partial charge in [-0.3, -0.25) is 14.4 Å². The summed E-state index contributed by atoms with van der Waals surface area (Å²) < 4.78 is 17.6. The number of carbonyl (C=O) groups excluding carboxylic acids is 6. The molecule has 3 amide bonds. The van der Waals surface area contributed by atoms with Crippen LogP contribution in [-0.4, -0.2) is 108 Å². The molecule has 12 nitrogen and oxygen atoms in total. The Kier molecular flexibility index (Phi) is 15.9. The zero-order chi connectivity index (χ0) is 36.7. The Bertz CT molecular complexity index is 1120. The molecule has 1 rings (SSSR count). The maximum absolute atomic E-state index is 14.1. The molecule has 1 aliphatic rings. The minimum Gasteiger partial charge on any atom is -0.451 e. The topological polar surface area (TPSA) is 140 Å². The van der Waals surface area contributed by atoms with Crippen LogP contribution in [-0.2, 0) is 43.0 Å². The summed E-state index contributed by atoms with van der Waals surface area (Å²) >= 11 is 0. The first-order valence-corrected chi connectivity index (χ1v) is 17.0. The number of nitrogens with zero attached hydrogens (tertiary/aromatic N) is 3. The average molecular weight is 668 g/mol. The van der Waals surface area contributed by atoms with E-state index in [4.69, 9.17) is 14.2 Å². The van der Waals surface area contributed by atoms with Crippen molar-refractivity contribution in [2.45, 2.75) is 132 Å². The maximum Gasteiger partial charge on any atom is 0.329 e. The van der Waals surface area contributed by atoms with Crippen LogP contribution in [0.25, 0.3) is 0 Å². The van der Waals surface area contributed by atoms with Crippen LogP contribution in [0.2, 0.25) is 0 Å². The van der Waals surface area contributed by atoms with E-state index in [-0.39, 0.29) is 18.3 Å². The third kappa shape index (κ3) is 10.4. The average Bonchev–Trinajstić information content (AvgIpc) is 2.95. The van der Waals surface area contributed by atoms with Crippen molar-refractivity contribution in [1.29, 1.82) is 0 Å². The molecule has 0 aromatic heterocycles. The minimum atomic E-state index is -1.28. The number of hydrogen-bond donors (Lipinski definition) is 0. The second-order valence-corrected chi connectivity index (χ2v) is 14.8. The molecule has 0 spiro atoms. The SMILES string of the molecule is CCC(C)[C@H]1C(=O)O[C@H](C(C)C)C(=O)N(C)[C@@H](C(C)C)C(=O)O[C@H](C(C)C)C(=O)N(C)[C@@H](C(C)C)C(=O)O[C@H](CC(C)C)C(=O)N1C. The Labute approximate surface area is 282 Å². The van der Waals surface area contributed by atoms with Gasteiger partial charge in [0.1, 0.15) is 18.1 Å². The van der Waals surface area contributed by atoms with Gasteiger partial charge in [0.15, 0.2) is 18.3 Å². The summed E-state index contributed by atoms with van der Waals surface area (Å²) in [5.74, 6) is -6.45. The molecule has 12 heteroatoms. The molecule has 0 saturated carbocycles. The van der Waals surface area contributed by atoms with Crippen molar-refractivity contribution in [2.24, 2.45) is 35.5 Å². The summed E-state index contributed by atoms with van der Waals surface area (Å²) in [7, 11) is 4.35. The zero-order valence-corrected chi connectivity index (χ0v) is 31.4. The molecule has 270 valence electrons. The van der Waals surface area contributed by atoms with Crippen LogP contribution in [0.3, 0.4) is 0 Å². The van der Waals surface area contributed by atoms with Gasteiger partial charge in [0.2, 0.25) is 0 Å². The van der Waals surface area contributed by atoms with Crippen LogP contribution in [0.5, 0.6) is 0 Å². The number of carbonyl (C=O) groups is 6. The standard InChI is InChI=1S/C35H61N3O9/c1-16-23(12)27-35(44)47-29(22(10)11)32(41)37(14)26(20(6)7)34(43)46-28(21(8)9)31(40)36(13)25(19(4)5)33(42)45-24(17-18(2)3)30(39)38(27)15/h18-29H,16-17H2,1-15H3/t23?,24-,25+,26+,27+,28-,29-/m1/s1. The third-order valence-electron chi connectivity index (χ3n) is 8.87. The molecule has 0 aliphatic carbocycles. The van der Waals surface area contributed by atoms with Crippen LogP contribution in [0.15, 0.2) is 0 Å². The summed E-state index contributed by atoms with van der Waals surface area (Å²) in [5.41, 5.74) is 0. The number of esters is 3. The molecule has 0 aromatic carbocycles. The van der Waals surface area contributed by atoms with Crippen molar-refractivity contribution in [2.75, 3.05) is 21.1 Å². The molecule has 1 heterocycles. The molecular weight excluding hydrogens is 606 g/mol. The van der Waals surface area contributed by atoms with Gasteiger partial charge >= 0.3 is 17.9 Å². The van der Waals surface area contributed by atoms with Crippen molar-refractivity contribution in [1.82, 2.24) is 14.7 Å². The highest BCUT2D eigenvalue weighted by Gasteiger charge is 2.45. The Balaban J connectivity index is 3.98. The highest BCUT2D eigenvalue weighted by Crippen LogP contribution is 2.26. The van der Waals surface area contributed by atoms with Crippen LogP contribution in [0.1, 0.15) is 95.9 Å². The van der Waals surface area contributed by atoms with Gasteiger partial charge in [-0.15, -0.1) is 0 Å². The lowest BCUT2D eigenvalue weighted by molar-refractivity contribution is -0.181. The molecule has 0 bridgehead atoms. The Morgan fingerprint density at radius 1 is 0.511 bits per heavy atom. The monoisotopic (exact) mass is 667 g/mol. The number of cyclic esters (lactones) is 3. The molecule has 1 aliphatic heterocycles. The number of rotatable bonds is 8. The van der Waals surface area contributed by atoms with Gasteiger partial charge in [-0.2, -0.15) is 0 Å². The number of hydrogen-bond acceptors (Lipinski definition) is 9. The molecular formula is C35H61N3O9. The van der Waals surface area contributed by atoms with E-state index in [1.807, 2.05) is 20.8 Å². The molecule has 1 fully saturated rings. The van der Waals surface area contributed by atoms with Gasteiger partial charge in [0, 0.05) is 21.1 Å². The lowest BCUT2D eigenvalue weighted by Gasteiger charge is -2.38. The first kappa shape index (κ1) is 41.8. The maximum atomic E-state index is 14.1. The van der Waals surface area contributed by atoms with E-state index >= 15 is 0 Å². The largest absolute Gasteiger partial charge is 0.451 e. The normalized spacial score (nSPS) is 27.4. The second kappa shape index (κ2) is 17.8. The summed E-state index contributed by atoms with van der Waals surface area (Å²) in [4.78, 5) is 87.2. The predicted molar refractivity (Wildman–Crippen MR) is 178 cm³/mol. The Morgan fingerprint density at radius 2 is 0.851 bits per heavy atom. The summed E-state index contributed by atoms with van der Waals surface area (Å²) in [5, 5.41) is 0. The lowest BCUT2D eigenvalue weighted by Crippen LogP contribution is -2.57. The van der Waals surface area contributed by atoms with E-state index in [0.717, 1.165) is 0 Å². The lowest BCUT2D eigenvalue weighted by atomic mass is 9.95. The molecule has 0 aromatic rings. The van der Waals surface area contributed by atoms with E-state index < -0.39 is 95.7 Å². The van der Waals surface area contributed by atoms with Gasteiger partial charge in [0.05, 0.1) is 0 Å². The van der Waals surface area contributed by atoms with Crippen LogP contribution >= 0.6 is 0 Å². The van der Waals surface area contributed by atoms with Gasteiger partial charge in [-0.1, -0.05) is 89.5 Å². The fraction of sp³-hybridized carbons (Fsp3) is 0.829. The Hall–Kier alpha value is -3.18. The third-order valence-corrected chi connectivity index (χ3v) is 8.87. The Morgan fingerprint density at radius 3 is 1.17 bits per heavy atom. The highest BCUT2D eigenvalue weighted by molar-refractivity contribution is 5.94. The highest BCUT2D eigenvalue weighted by atomic mass is 16.6. The minimum absolute atomic E-state index is 0.0639. The summed E-state index contributed by atoms with van der Waals surface area (Å²) in [6.07, 6.45) is -3.14. The number of likely N-dealkylation sites (N-methyl/N-ethyl adjacent to an activating group) is 3.